The summed E-state index contributed by atoms with van der Waals surface area (Å²) in [5.74, 6) is 0.655. The van der Waals surface area contributed by atoms with Crippen molar-refractivity contribution in [2.24, 2.45) is 10.7 Å². The van der Waals surface area contributed by atoms with Gasteiger partial charge in [0.05, 0.1) is 0 Å². The second-order valence-electron chi connectivity index (χ2n) is 5.83. The molecule has 3 N–H and O–H groups in total. The molecule has 0 spiro atoms. The van der Waals surface area contributed by atoms with E-state index >= 15 is 0 Å². The molecule has 0 saturated carbocycles. The molecule has 0 radical (unpaired) electrons. The predicted octanol–water partition coefficient (Wildman–Crippen LogP) is 2.33. The molecule has 1 aromatic rings. The van der Waals surface area contributed by atoms with Crippen LogP contribution in [-0.2, 0) is 0 Å². The van der Waals surface area contributed by atoms with Gasteiger partial charge in [-0.1, -0.05) is 24.4 Å². The van der Waals surface area contributed by atoms with E-state index in [0.29, 0.717) is 5.96 Å². The number of nitrogens with two attached hydrogens (primary N) is 1. The molecule has 0 amide bonds. The molecule has 0 bridgehead atoms. The minimum Gasteiger partial charge on any atom is -0.396 e. The summed E-state index contributed by atoms with van der Waals surface area (Å²) in [4.78, 5) is 8.97. The molecule has 1 fully saturated rings. The lowest BCUT2D eigenvalue weighted by Gasteiger charge is -2.36. The van der Waals surface area contributed by atoms with E-state index in [0.717, 1.165) is 63.4 Å². The maximum Gasteiger partial charge on any atom is 0.191 e. The van der Waals surface area contributed by atoms with Crippen LogP contribution < -0.4 is 10.6 Å². The average molecular weight is 339 g/mol. The number of benzene rings is 1. The second kappa shape index (κ2) is 9.63. The van der Waals surface area contributed by atoms with E-state index < -0.39 is 0 Å². The topological polar surface area (TPSA) is 65.1 Å². The van der Waals surface area contributed by atoms with Gasteiger partial charge in [0.15, 0.2) is 5.96 Å². The van der Waals surface area contributed by atoms with Gasteiger partial charge in [0.2, 0.25) is 0 Å². The fraction of sp³-hybridized carbons (Fsp3) is 0.588. The third-order valence-corrected chi connectivity index (χ3v) is 4.39. The molecule has 1 aliphatic rings. The lowest BCUT2D eigenvalue weighted by molar-refractivity contribution is 0.282. The minimum atomic E-state index is 0.281. The van der Waals surface area contributed by atoms with E-state index in [4.69, 9.17) is 22.4 Å². The Morgan fingerprint density at radius 2 is 1.70 bits per heavy atom. The van der Waals surface area contributed by atoms with Gasteiger partial charge < -0.3 is 20.6 Å². The molecule has 0 atom stereocenters. The number of rotatable bonds is 7. The fourth-order valence-electron chi connectivity index (χ4n) is 2.72. The van der Waals surface area contributed by atoms with Crippen molar-refractivity contribution >= 4 is 23.2 Å². The molecule has 23 heavy (non-hydrogen) atoms. The molecule has 0 unspecified atom stereocenters. The Balaban J connectivity index is 1.71. The number of guanidine groups is 1. The van der Waals surface area contributed by atoms with Crippen LogP contribution in [0.4, 0.5) is 5.69 Å². The number of nitrogens with zero attached hydrogens (tertiary/aromatic N) is 3. The van der Waals surface area contributed by atoms with E-state index in [1.807, 2.05) is 12.1 Å². The van der Waals surface area contributed by atoms with E-state index in [9.17, 15) is 0 Å². The van der Waals surface area contributed by atoms with Gasteiger partial charge in [-0.3, -0.25) is 4.99 Å². The summed E-state index contributed by atoms with van der Waals surface area (Å²) in [6.07, 6.45) is 4.07. The molecule has 5 nitrogen and oxygen atoms in total. The van der Waals surface area contributed by atoms with Crippen molar-refractivity contribution in [2.45, 2.75) is 25.7 Å². The zero-order valence-corrected chi connectivity index (χ0v) is 14.4. The maximum absolute atomic E-state index is 8.73. The van der Waals surface area contributed by atoms with E-state index in [1.54, 1.807) is 0 Å². The smallest absolute Gasteiger partial charge is 0.191 e. The molecular weight excluding hydrogens is 312 g/mol. The molecule has 1 aromatic carbocycles. The number of halogens is 1. The van der Waals surface area contributed by atoms with Crippen LogP contribution in [0, 0.1) is 0 Å². The molecule has 6 heteroatoms. The highest BCUT2D eigenvalue weighted by Crippen LogP contribution is 2.19. The molecule has 1 aliphatic heterocycles. The van der Waals surface area contributed by atoms with Crippen molar-refractivity contribution in [3.05, 3.63) is 29.3 Å². The van der Waals surface area contributed by atoms with Crippen LogP contribution in [0.3, 0.4) is 0 Å². The molecule has 2 rings (SSSR count). The van der Waals surface area contributed by atoms with Gasteiger partial charge in [-0.25, -0.2) is 0 Å². The van der Waals surface area contributed by atoms with Gasteiger partial charge in [-0.05, 0) is 37.1 Å². The number of hydrogen-bond donors (Lipinski definition) is 2. The van der Waals surface area contributed by atoms with Crippen LogP contribution in [0.15, 0.2) is 29.3 Å². The van der Waals surface area contributed by atoms with Crippen molar-refractivity contribution in [1.29, 1.82) is 0 Å². The first-order valence-corrected chi connectivity index (χ1v) is 8.75. The Hall–Kier alpha value is -1.46. The number of aliphatic imine (C=N–C) groups is 1. The van der Waals surface area contributed by atoms with Gasteiger partial charge in [0.1, 0.15) is 0 Å². The van der Waals surface area contributed by atoms with Crippen LogP contribution >= 0.6 is 11.6 Å². The Morgan fingerprint density at radius 3 is 2.35 bits per heavy atom. The van der Waals surface area contributed by atoms with Gasteiger partial charge in [-0.15, -0.1) is 0 Å². The largest absolute Gasteiger partial charge is 0.396 e. The highest BCUT2D eigenvalue weighted by molar-refractivity contribution is 6.30. The molecular formula is C17H27ClN4O. The summed E-state index contributed by atoms with van der Waals surface area (Å²) in [7, 11) is 0. The van der Waals surface area contributed by atoms with E-state index in [2.05, 4.69) is 26.9 Å². The second-order valence-corrected chi connectivity index (χ2v) is 6.26. The van der Waals surface area contributed by atoms with Crippen LogP contribution in [0.2, 0.25) is 5.02 Å². The summed E-state index contributed by atoms with van der Waals surface area (Å²) in [6.45, 7) is 4.71. The van der Waals surface area contributed by atoms with Crippen molar-refractivity contribution in [1.82, 2.24) is 4.90 Å². The van der Waals surface area contributed by atoms with Crippen LogP contribution in [0.25, 0.3) is 0 Å². The number of hydrogen-bond acceptors (Lipinski definition) is 3. The molecule has 1 saturated heterocycles. The average Bonchev–Trinajstić information content (AvgIpc) is 2.58. The summed E-state index contributed by atoms with van der Waals surface area (Å²) in [5.41, 5.74) is 7.30. The highest BCUT2D eigenvalue weighted by atomic mass is 35.5. The van der Waals surface area contributed by atoms with Crippen molar-refractivity contribution < 1.29 is 5.11 Å². The molecule has 1 heterocycles. The Bertz CT molecular complexity index is 484. The highest BCUT2D eigenvalue weighted by Gasteiger charge is 2.18. The number of aliphatic hydroxyl groups excluding tert-OH is 1. The van der Waals surface area contributed by atoms with E-state index in [1.165, 1.54) is 5.69 Å². The normalized spacial score (nSPS) is 16.0. The number of aliphatic hydroxyl groups is 1. The first kappa shape index (κ1) is 17.9. The Morgan fingerprint density at radius 1 is 1.04 bits per heavy atom. The summed E-state index contributed by atoms with van der Waals surface area (Å²) in [6, 6.07) is 7.97. The molecule has 0 aromatic heterocycles. The zero-order chi connectivity index (χ0) is 16.5. The minimum absolute atomic E-state index is 0.281. The van der Waals surface area contributed by atoms with Gasteiger partial charge in [0.25, 0.3) is 0 Å². The predicted molar refractivity (Wildman–Crippen MR) is 97.3 cm³/mol. The number of anilines is 1. The Kier molecular flexibility index (Phi) is 7.49. The SMILES string of the molecule is NC(=NCCCCCCO)N1CCN(c2ccc(Cl)cc2)CC1. The van der Waals surface area contributed by atoms with Gasteiger partial charge in [0, 0.05) is 50.0 Å². The quantitative estimate of drug-likeness (QED) is 0.455. The summed E-state index contributed by atoms with van der Waals surface area (Å²) < 4.78 is 0. The summed E-state index contributed by atoms with van der Waals surface area (Å²) in [5, 5.41) is 9.50. The zero-order valence-electron chi connectivity index (χ0n) is 13.6. The summed E-state index contributed by atoms with van der Waals surface area (Å²) >= 11 is 5.93. The maximum atomic E-state index is 8.73. The molecule has 0 aliphatic carbocycles. The van der Waals surface area contributed by atoms with Crippen molar-refractivity contribution in [2.75, 3.05) is 44.2 Å². The lowest BCUT2D eigenvalue weighted by Crippen LogP contribution is -2.51. The standard InChI is InChI=1S/C17H27ClN4O/c18-15-5-7-16(8-6-15)21-10-12-22(13-11-21)17(19)20-9-3-1-2-4-14-23/h5-8,23H,1-4,9-14H2,(H2,19,20). The molecule has 128 valence electrons. The van der Waals surface area contributed by atoms with Crippen molar-refractivity contribution in [3.8, 4) is 0 Å². The number of piperazine rings is 1. The van der Waals surface area contributed by atoms with Crippen molar-refractivity contribution in [3.63, 3.8) is 0 Å². The first-order chi connectivity index (χ1) is 11.2. The van der Waals surface area contributed by atoms with Gasteiger partial charge >= 0.3 is 0 Å². The first-order valence-electron chi connectivity index (χ1n) is 8.37. The third-order valence-electron chi connectivity index (χ3n) is 4.14. The van der Waals surface area contributed by atoms with Crippen LogP contribution in [-0.4, -0.2) is 55.3 Å². The lowest BCUT2D eigenvalue weighted by atomic mass is 10.2. The fourth-order valence-corrected chi connectivity index (χ4v) is 2.84. The van der Waals surface area contributed by atoms with Gasteiger partial charge in [-0.2, -0.15) is 0 Å². The number of unbranched alkanes of at least 4 members (excludes halogenated alkanes) is 3. The Labute approximate surface area is 143 Å². The monoisotopic (exact) mass is 338 g/mol. The van der Waals surface area contributed by atoms with Crippen LogP contribution in [0.1, 0.15) is 25.7 Å². The van der Waals surface area contributed by atoms with E-state index in [-0.39, 0.29) is 6.61 Å². The van der Waals surface area contributed by atoms with Crippen LogP contribution in [0.5, 0.6) is 0 Å². The third kappa shape index (κ3) is 5.92.